The number of hydrogen-bond acceptors (Lipinski definition) is 4. The van der Waals surface area contributed by atoms with E-state index >= 15 is 0 Å². The van der Waals surface area contributed by atoms with Crippen LogP contribution in [0.25, 0.3) is 11.1 Å². The number of benzene rings is 1. The van der Waals surface area contributed by atoms with Crippen molar-refractivity contribution in [2.45, 2.75) is 13.0 Å². The Morgan fingerprint density at radius 3 is 2.16 bits per heavy atom. The molecule has 2 rings (SSSR count). The van der Waals surface area contributed by atoms with Gasteiger partial charge >= 0.3 is 0 Å². The summed E-state index contributed by atoms with van der Waals surface area (Å²) in [6, 6.07) is 7.38. The van der Waals surface area contributed by atoms with Crippen LogP contribution in [0, 0.1) is 0 Å². The van der Waals surface area contributed by atoms with Gasteiger partial charge in [0, 0.05) is 24.0 Å². The number of aromatic nitrogens is 2. The lowest BCUT2D eigenvalue weighted by Crippen LogP contribution is -2.25. The summed E-state index contributed by atoms with van der Waals surface area (Å²) in [5.74, 6) is 0. The van der Waals surface area contributed by atoms with Crippen molar-refractivity contribution < 1.29 is 8.42 Å². The highest BCUT2D eigenvalue weighted by Crippen LogP contribution is 2.20. The van der Waals surface area contributed by atoms with Crippen molar-refractivity contribution in [1.82, 2.24) is 14.7 Å². The average molecular weight is 277 g/mol. The van der Waals surface area contributed by atoms with Gasteiger partial charge in [-0.2, -0.15) is 0 Å². The second-order valence-corrected chi connectivity index (χ2v) is 6.14. The molecule has 0 saturated carbocycles. The van der Waals surface area contributed by atoms with Gasteiger partial charge in [0.15, 0.2) is 0 Å². The van der Waals surface area contributed by atoms with Gasteiger partial charge in [0.25, 0.3) is 0 Å². The first-order chi connectivity index (χ1) is 8.96. The standard InChI is InChI=1S/C13H15N3O2S/c1-10(16-19(2,17)18)11-3-5-12(6-4-11)13-7-14-9-15-8-13/h3-10,16H,1-2H3/t10-/m0/s1. The zero-order chi connectivity index (χ0) is 13.9. The van der Waals surface area contributed by atoms with Crippen LogP contribution in [0.1, 0.15) is 18.5 Å². The fourth-order valence-electron chi connectivity index (χ4n) is 1.80. The minimum Gasteiger partial charge on any atom is -0.244 e. The van der Waals surface area contributed by atoms with Crippen LogP contribution in [0.4, 0.5) is 0 Å². The predicted molar refractivity (Wildman–Crippen MR) is 73.9 cm³/mol. The zero-order valence-electron chi connectivity index (χ0n) is 10.7. The third-order valence-electron chi connectivity index (χ3n) is 2.70. The minimum atomic E-state index is -3.20. The molecule has 0 spiro atoms. The average Bonchev–Trinajstić information content (AvgIpc) is 2.38. The van der Waals surface area contributed by atoms with Gasteiger partial charge in [0.05, 0.1) is 6.26 Å². The SMILES string of the molecule is C[C@H](NS(C)(=O)=O)c1ccc(-c2cncnc2)cc1. The maximum absolute atomic E-state index is 11.2. The molecular formula is C13H15N3O2S. The first-order valence-electron chi connectivity index (χ1n) is 5.78. The molecule has 5 nitrogen and oxygen atoms in total. The second-order valence-electron chi connectivity index (χ2n) is 4.36. The largest absolute Gasteiger partial charge is 0.244 e. The van der Waals surface area contributed by atoms with Gasteiger partial charge in [-0.25, -0.2) is 23.1 Å². The van der Waals surface area contributed by atoms with Gasteiger partial charge in [0.1, 0.15) is 6.33 Å². The maximum Gasteiger partial charge on any atom is 0.209 e. The van der Waals surface area contributed by atoms with E-state index < -0.39 is 10.0 Å². The molecule has 0 radical (unpaired) electrons. The van der Waals surface area contributed by atoms with Crippen molar-refractivity contribution in [2.75, 3.05) is 6.26 Å². The van der Waals surface area contributed by atoms with Gasteiger partial charge in [-0.05, 0) is 18.1 Å². The first-order valence-corrected chi connectivity index (χ1v) is 7.67. The van der Waals surface area contributed by atoms with E-state index in [1.807, 2.05) is 31.2 Å². The van der Waals surface area contributed by atoms with Crippen molar-refractivity contribution in [3.05, 3.63) is 48.5 Å². The Hall–Kier alpha value is -1.79. The number of nitrogens with one attached hydrogen (secondary N) is 1. The Bertz CT molecular complexity index is 639. The smallest absolute Gasteiger partial charge is 0.209 e. The van der Waals surface area contributed by atoms with E-state index in [1.165, 1.54) is 6.33 Å². The summed E-state index contributed by atoms with van der Waals surface area (Å²) in [5, 5.41) is 0. The number of hydrogen-bond donors (Lipinski definition) is 1. The topological polar surface area (TPSA) is 72.0 Å². The van der Waals surface area contributed by atoms with Crippen LogP contribution in [0.15, 0.2) is 43.0 Å². The van der Waals surface area contributed by atoms with Gasteiger partial charge in [-0.3, -0.25) is 0 Å². The Morgan fingerprint density at radius 1 is 1.05 bits per heavy atom. The van der Waals surface area contributed by atoms with Crippen molar-refractivity contribution in [2.24, 2.45) is 0 Å². The van der Waals surface area contributed by atoms with Crippen molar-refractivity contribution in [3.8, 4) is 11.1 Å². The highest BCUT2D eigenvalue weighted by atomic mass is 32.2. The van der Waals surface area contributed by atoms with Gasteiger partial charge < -0.3 is 0 Å². The minimum absolute atomic E-state index is 0.254. The summed E-state index contributed by atoms with van der Waals surface area (Å²) in [5.41, 5.74) is 2.83. The molecule has 1 aromatic carbocycles. The normalized spacial score (nSPS) is 13.2. The molecule has 2 aromatic rings. The van der Waals surface area contributed by atoms with E-state index in [1.54, 1.807) is 12.4 Å². The Labute approximate surface area is 112 Å². The highest BCUT2D eigenvalue weighted by Gasteiger charge is 2.10. The van der Waals surface area contributed by atoms with Gasteiger partial charge in [-0.15, -0.1) is 0 Å². The molecule has 1 heterocycles. The number of rotatable bonds is 4. The summed E-state index contributed by atoms with van der Waals surface area (Å²) in [6.07, 6.45) is 6.11. The van der Waals surface area contributed by atoms with E-state index in [2.05, 4.69) is 14.7 Å². The second kappa shape index (κ2) is 5.46. The lowest BCUT2D eigenvalue weighted by molar-refractivity contribution is 0.573. The molecule has 1 aromatic heterocycles. The highest BCUT2D eigenvalue weighted by molar-refractivity contribution is 7.88. The Kier molecular flexibility index (Phi) is 3.92. The molecule has 0 aliphatic rings. The monoisotopic (exact) mass is 277 g/mol. The van der Waals surface area contributed by atoms with E-state index in [0.29, 0.717) is 0 Å². The lowest BCUT2D eigenvalue weighted by atomic mass is 10.0. The lowest BCUT2D eigenvalue weighted by Gasteiger charge is -2.13. The molecule has 0 unspecified atom stereocenters. The van der Waals surface area contributed by atoms with Crippen molar-refractivity contribution in [3.63, 3.8) is 0 Å². The molecule has 0 aliphatic heterocycles. The van der Waals surface area contributed by atoms with Crippen LogP contribution < -0.4 is 4.72 Å². The van der Waals surface area contributed by atoms with Crippen molar-refractivity contribution >= 4 is 10.0 Å². The predicted octanol–water partition coefficient (Wildman–Crippen LogP) is 1.75. The van der Waals surface area contributed by atoms with Crippen LogP contribution in [0.2, 0.25) is 0 Å². The third kappa shape index (κ3) is 3.84. The summed E-state index contributed by atoms with van der Waals surface area (Å²) in [6.45, 7) is 1.81. The Balaban J connectivity index is 2.19. The molecule has 1 N–H and O–H groups in total. The number of sulfonamides is 1. The fourth-order valence-corrected chi connectivity index (χ4v) is 2.58. The first kappa shape index (κ1) is 13.6. The summed E-state index contributed by atoms with van der Waals surface area (Å²) in [7, 11) is -3.20. The molecule has 100 valence electrons. The summed E-state index contributed by atoms with van der Waals surface area (Å²) < 4.78 is 24.9. The third-order valence-corrected chi connectivity index (χ3v) is 3.48. The quantitative estimate of drug-likeness (QED) is 0.924. The Morgan fingerprint density at radius 2 is 1.63 bits per heavy atom. The molecule has 6 heteroatoms. The van der Waals surface area contributed by atoms with E-state index in [0.717, 1.165) is 22.9 Å². The van der Waals surface area contributed by atoms with E-state index in [4.69, 9.17) is 0 Å². The van der Waals surface area contributed by atoms with E-state index in [-0.39, 0.29) is 6.04 Å². The van der Waals surface area contributed by atoms with Crippen LogP contribution in [-0.2, 0) is 10.0 Å². The van der Waals surface area contributed by atoms with Gasteiger partial charge in [-0.1, -0.05) is 24.3 Å². The molecule has 0 bridgehead atoms. The van der Waals surface area contributed by atoms with E-state index in [9.17, 15) is 8.42 Å². The van der Waals surface area contributed by atoms with Crippen molar-refractivity contribution in [1.29, 1.82) is 0 Å². The van der Waals surface area contributed by atoms with Crippen LogP contribution in [0.5, 0.6) is 0 Å². The van der Waals surface area contributed by atoms with Crippen LogP contribution in [0.3, 0.4) is 0 Å². The van der Waals surface area contributed by atoms with Crippen LogP contribution in [-0.4, -0.2) is 24.6 Å². The van der Waals surface area contributed by atoms with Gasteiger partial charge in [0.2, 0.25) is 10.0 Å². The zero-order valence-corrected chi connectivity index (χ0v) is 11.6. The maximum atomic E-state index is 11.2. The molecule has 0 saturated heterocycles. The fraction of sp³-hybridized carbons (Fsp3) is 0.231. The molecular weight excluding hydrogens is 262 g/mol. The molecule has 0 aliphatic carbocycles. The molecule has 19 heavy (non-hydrogen) atoms. The molecule has 0 fully saturated rings. The summed E-state index contributed by atoms with van der Waals surface area (Å²) in [4.78, 5) is 7.93. The number of nitrogens with zero attached hydrogens (tertiary/aromatic N) is 2. The molecule has 0 amide bonds. The van der Waals surface area contributed by atoms with Crippen LogP contribution >= 0.6 is 0 Å². The summed E-state index contributed by atoms with van der Waals surface area (Å²) >= 11 is 0. The molecule has 1 atom stereocenters.